The first-order chi connectivity index (χ1) is 50.7. The standard InChI is InChI=1S/C77H33F30N3/c78-68(79,80)44-6-8-55(62(32-44)77(105,106)107)54-9-7-53(109-63-11-2-36(40-16-45(69(81,82)83)28-46(17-40)70(84,85)86)24-58(63)59-25-37(3-12-64(59)109)41-18-47(71(87,88)89)29-48(19-41)72(90,91)92)33-56(54)57-15-35(34-108)1-10-65(57)110-66-13-4-38(42-20-49(73(93,94)95)30-50(21-42)74(96,97)98)26-60(66)61-27-39(5-14-67(61)110)43-22-51(75(99,100)101)31-52(23-43)76(102,103)104/h1-33H. The molecule has 0 aliphatic rings. The molecule has 13 rings (SSSR count). The molecule has 2 aromatic heterocycles. The van der Waals surface area contributed by atoms with E-state index in [1.807, 2.05) is 0 Å². The molecule has 0 unspecified atom stereocenters. The average molecular weight is 1570 g/mol. The number of fused-ring (bicyclic) bond motifs is 6. The lowest BCUT2D eigenvalue weighted by Gasteiger charge is -2.22. The number of nitriles is 1. The molecule has 566 valence electrons. The van der Waals surface area contributed by atoms with Crippen LogP contribution in [0.2, 0.25) is 0 Å². The van der Waals surface area contributed by atoms with Crippen LogP contribution in [0.1, 0.15) is 61.2 Å². The molecule has 0 aliphatic carbocycles. The zero-order chi connectivity index (χ0) is 80.2. The topological polar surface area (TPSA) is 33.6 Å². The van der Waals surface area contributed by atoms with Crippen molar-refractivity contribution >= 4 is 43.6 Å². The molecule has 13 aromatic rings. The quantitative estimate of drug-likeness (QED) is 0.140. The van der Waals surface area contributed by atoms with Crippen molar-refractivity contribution in [3.8, 4) is 84.2 Å². The van der Waals surface area contributed by atoms with E-state index < -0.39 is 190 Å². The Bertz CT molecular complexity index is 5560. The molecule has 0 amide bonds. The molecule has 0 atom stereocenters. The summed E-state index contributed by atoms with van der Waals surface area (Å²) in [6.45, 7) is 0. The molecule has 3 nitrogen and oxygen atoms in total. The predicted octanol–water partition coefficient (Wildman–Crippen LogP) is 27.9. The van der Waals surface area contributed by atoms with Gasteiger partial charge in [-0.2, -0.15) is 137 Å². The van der Waals surface area contributed by atoms with Crippen LogP contribution in [0.5, 0.6) is 0 Å². The fourth-order valence-electron chi connectivity index (χ4n) is 13.1. The molecule has 33 heteroatoms. The van der Waals surface area contributed by atoms with Crippen molar-refractivity contribution in [2.75, 3.05) is 0 Å². The number of aromatic nitrogens is 2. The lowest BCUT2D eigenvalue weighted by molar-refractivity contribution is -0.144. The third-order valence-corrected chi connectivity index (χ3v) is 18.1. The maximum Gasteiger partial charge on any atom is 0.417 e. The highest BCUT2D eigenvalue weighted by atomic mass is 19.4. The molecule has 0 aliphatic heterocycles. The van der Waals surface area contributed by atoms with Crippen LogP contribution in [0, 0.1) is 11.3 Å². The van der Waals surface area contributed by atoms with Gasteiger partial charge in [-0.15, -0.1) is 0 Å². The second-order valence-corrected chi connectivity index (χ2v) is 25.1. The average Bonchev–Trinajstić information content (AvgIpc) is 1.54. The lowest BCUT2D eigenvalue weighted by atomic mass is 9.88. The Balaban J connectivity index is 1.15. The molecular weight excluding hydrogens is 1540 g/mol. The van der Waals surface area contributed by atoms with E-state index in [0.717, 1.165) is 118 Å². The highest BCUT2D eigenvalue weighted by Gasteiger charge is 2.44. The predicted molar refractivity (Wildman–Crippen MR) is 342 cm³/mol. The SMILES string of the molecule is N#Cc1ccc(-n2c3ccc(-c4cc(C(F)(F)F)cc(C(F)(F)F)c4)cc3c3cc(-c4cc(C(F)(F)F)cc(C(F)(F)F)c4)ccc32)c(-c2cc(-n3c4ccc(-c5cc(C(F)(F)F)cc(C(F)(F)F)c5)cc4c4cc(-c5cc(C(F)(F)F)cc(C(F)(F)F)c5)ccc43)ccc2-c2ccc(C(F)(F)F)cc2C(F)(F)F)c1. The zero-order valence-electron chi connectivity index (χ0n) is 53.7. The van der Waals surface area contributed by atoms with Crippen molar-refractivity contribution in [3.05, 3.63) is 261 Å². The second-order valence-electron chi connectivity index (χ2n) is 25.1. The second kappa shape index (κ2) is 25.8. The fourth-order valence-corrected chi connectivity index (χ4v) is 13.1. The van der Waals surface area contributed by atoms with E-state index in [2.05, 4.69) is 0 Å². The number of rotatable bonds is 8. The minimum Gasteiger partial charge on any atom is -0.309 e. The van der Waals surface area contributed by atoms with Gasteiger partial charge in [-0.25, -0.2) is 0 Å². The summed E-state index contributed by atoms with van der Waals surface area (Å²) >= 11 is 0. The van der Waals surface area contributed by atoms with Crippen LogP contribution in [-0.4, -0.2) is 9.13 Å². The van der Waals surface area contributed by atoms with Gasteiger partial charge in [-0.05, 0) is 225 Å². The number of alkyl halides is 30. The summed E-state index contributed by atoms with van der Waals surface area (Å²) in [5, 5.41) is 9.40. The van der Waals surface area contributed by atoms with Gasteiger partial charge in [0.25, 0.3) is 0 Å². The minimum atomic E-state index is -5.74. The van der Waals surface area contributed by atoms with E-state index in [1.165, 1.54) is 0 Å². The monoisotopic (exact) mass is 1570 g/mol. The molecule has 110 heavy (non-hydrogen) atoms. The largest absolute Gasteiger partial charge is 0.417 e. The Kier molecular flexibility index (Phi) is 18.0. The minimum absolute atomic E-state index is 0.217. The molecule has 0 fully saturated rings. The Morgan fingerprint density at radius 2 is 0.500 bits per heavy atom. The normalized spacial score (nSPS) is 13.4. The van der Waals surface area contributed by atoms with Crippen molar-refractivity contribution < 1.29 is 132 Å². The first kappa shape index (κ1) is 76.6. The summed E-state index contributed by atoms with van der Waals surface area (Å²) in [5.74, 6) is 0. The van der Waals surface area contributed by atoms with Crippen LogP contribution in [0.15, 0.2) is 200 Å². The van der Waals surface area contributed by atoms with Gasteiger partial charge >= 0.3 is 61.8 Å². The Morgan fingerprint density at radius 3 is 0.782 bits per heavy atom. The molecule has 0 saturated heterocycles. The Labute approximate surface area is 595 Å². The number of halogens is 30. The third kappa shape index (κ3) is 14.6. The van der Waals surface area contributed by atoms with Crippen molar-refractivity contribution in [2.45, 2.75) is 61.8 Å². The molecule has 0 saturated carbocycles. The van der Waals surface area contributed by atoms with Crippen molar-refractivity contribution in [2.24, 2.45) is 0 Å². The fraction of sp³-hybridized carbons (Fsp3) is 0.130. The summed E-state index contributed by atoms with van der Waals surface area (Å²) in [6, 6.07) is 21.5. The smallest absolute Gasteiger partial charge is 0.309 e. The van der Waals surface area contributed by atoms with Gasteiger partial charge in [0.15, 0.2) is 0 Å². The van der Waals surface area contributed by atoms with E-state index in [9.17, 15) is 124 Å². The van der Waals surface area contributed by atoms with Crippen molar-refractivity contribution in [3.63, 3.8) is 0 Å². The van der Waals surface area contributed by atoms with Crippen LogP contribution < -0.4 is 0 Å². The lowest BCUT2D eigenvalue weighted by Crippen LogP contribution is -2.12. The van der Waals surface area contributed by atoms with Gasteiger partial charge in [0, 0.05) is 32.8 Å². The summed E-state index contributed by atoms with van der Waals surface area (Å²) in [7, 11) is 0. The first-order valence-corrected chi connectivity index (χ1v) is 31.1. The molecule has 2 heterocycles. The van der Waals surface area contributed by atoms with E-state index in [1.54, 1.807) is 6.07 Å². The summed E-state index contributed by atoms with van der Waals surface area (Å²) in [4.78, 5) is 0. The van der Waals surface area contributed by atoms with Crippen LogP contribution in [0.3, 0.4) is 0 Å². The summed E-state index contributed by atoms with van der Waals surface area (Å²) in [6.07, 6.45) is -54.9. The van der Waals surface area contributed by atoms with Crippen molar-refractivity contribution in [1.82, 2.24) is 9.13 Å². The van der Waals surface area contributed by atoms with E-state index in [4.69, 9.17) is 0 Å². The Hall–Kier alpha value is -11.6. The Morgan fingerprint density at radius 1 is 0.209 bits per heavy atom. The van der Waals surface area contributed by atoms with Gasteiger partial charge in [0.2, 0.25) is 0 Å². The molecule has 0 bridgehead atoms. The highest BCUT2D eigenvalue weighted by molar-refractivity contribution is 6.14. The molecule has 11 aromatic carbocycles. The highest BCUT2D eigenvalue weighted by Crippen LogP contribution is 2.51. The zero-order valence-corrected chi connectivity index (χ0v) is 53.7. The molecule has 0 spiro atoms. The van der Waals surface area contributed by atoms with E-state index in [0.29, 0.717) is 54.6 Å². The van der Waals surface area contributed by atoms with Gasteiger partial charge in [0.05, 0.1) is 95.0 Å². The number of nitrogens with zero attached hydrogens (tertiary/aromatic N) is 3. The van der Waals surface area contributed by atoms with Crippen LogP contribution in [-0.2, 0) is 61.8 Å². The molecule has 0 radical (unpaired) electrons. The van der Waals surface area contributed by atoms with E-state index in [-0.39, 0.29) is 91.4 Å². The third-order valence-electron chi connectivity index (χ3n) is 18.1. The number of hydrogen-bond acceptors (Lipinski definition) is 1. The van der Waals surface area contributed by atoms with Gasteiger partial charge in [-0.3, -0.25) is 0 Å². The van der Waals surface area contributed by atoms with Crippen molar-refractivity contribution in [1.29, 1.82) is 5.26 Å². The summed E-state index contributed by atoms with van der Waals surface area (Å²) < 4.78 is 439. The van der Waals surface area contributed by atoms with E-state index >= 15 is 13.2 Å². The molecular formula is C77H33F30N3. The number of benzene rings is 11. The van der Waals surface area contributed by atoms with Crippen LogP contribution >= 0.6 is 0 Å². The molecule has 0 N–H and O–H groups in total. The number of hydrogen-bond donors (Lipinski definition) is 0. The van der Waals surface area contributed by atoms with Gasteiger partial charge < -0.3 is 9.13 Å². The van der Waals surface area contributed by atoms with Crippen LogP contribution in [0.4, 0.5) is 132 Å². The maximum absolute atomic E-state index is 15.7. The van der Waals surface area contributed by atoms with Gasteiger partial charge in [0.1, 0.15) is 0 Å². The van der Waals surface area contributed by atoms with Crippen LogP contribution in [0.25, 0.3) is 122 Å². The first-order valence-electron chi connectivity index (χ1n) is 31.1. The maximum atomic E-state index is 15.7. The van der Waals surface area contributed by atoms with Gasteiger partial charge in [-0.1, -0.05) is 36.4 Å². The summed E-state index contributed by atoms with van der Waals surface area (Å²) in [5.41, 5.74) is -28.7.